The normalized spacial score (nSPS) is 23.4. The van der Waals surface area contributed by atoms with Crippen molar-refractivity contribution in [2.75, 3.05) is 27.3 Å². The fourth-order valence-electron chi connectivity index (χ4n) is 3.71. The number of nitrogens with zero attached hydrogens (tertiary/aromatic N) is 4. The Hall–Kier alpha value is -2.12. The summed E-state index contributed by atoms with van der Waals surface area (Å²) in [6, 6.07) is 6.24. The Kier molecular flexibility index (Phi) is 4.12. The van der Waals surface area contributed by atoms with E-state index in [1.165, 1.54) is 0 Å². The molecule has 0 radical (unpaired) electrons. The Morgan fingerprint density at radius 1 is 1.29 bits per heavy atom. The molecule has 0 unspecified atom stereocenters. The Morgan fingerprint density at radius 3 is 3.04 bits per heavy atom. The molecule has 1 fully saturated rings. The molecule has 0 amide bonds. The van der Waals surface area contributed by atoms with Gasteiger partial charge in [-0.1, -0.05) is 17.3 Å². The van der Waals surface area contributed by atoms with Gasteiger partial charge < -0.3 is 14.2 Å². The Bertz CT molecular complexity index is 718. The van der Waals surface area contributed by atoms with Crippen LogP contribution in [0.5, 0.6) is 11.5 Å². The molecule has 1 saturated heterocycles. The summed E-state index contributed by atoms with van der Waals surface area (Å²) in [7, 11) is 3.35. The summed E-state index contributed by atoms with van der Waals surface area (Å²) in [5.41, 5.74) is 2.18. The van der Waals surface area contributed by atoms with Crippen molar-refractivity contribution in [3.63, 3.8) is 0 Å². The molecule has 0 spiro atoms. The standard InChI is InChI=1S/C17H22N4O3/c1-22-16-5-3-4-12(17(16)23-2)9-20-7-6-15-14(10-20)21-13(11-24-15)8-18-19-21/h3-5,8,14-15H,6-7,9-11H2,1-2H3/t14-,15-/m1/s1. The number of likely N-dealkylation sites (tertiary alicyclic amines) is 1. The first kappa shape index (κ1) is 15.4. The number of piperidine rings is 1. The fraction of sp³-hybridized carbons (Fsp3) is 0.529. The molecule has 1 aromatic heterocycles. The maximum absolute atomic E-state index is 5.97. The molecule has 0 aliphatic carbocycles. The van der Waals surface area contributed by atoms with Crippen molar-refractivity contribution >= 4 is 0 Å². The molecule has 0 bridgehead atoms. The lowest BCUT2D eigenvalue weighted by Gasteiger charge is -2.41. The van der Waals surface area contributed by atoms with Crippen LogP contribution in [0.3, 0.4) is 0 Å². The lowest BCUT2D eigenvalue weighted by molar-refractivity contribution is -0.0670. The van der Waals surface area contributed by atoms with Gasteiger partial charge in [-0.25, -0.2) is 4.68 Å². The molecular formula is C17H22N4O3. The number of hydrogen-bond donors (Lipinski definition) is 0. The van der Waals surface area contributed by atoms with E-state index in [2.05, 4.69) is 21.3 Å². The summed E-state index contributed by atoms with van der Waals surface area (Å²) < 4.78 is 19.0. The van der Waals surface area contributed by atoms with Crippen molar-refractivity contribution in [2.24, 2.45) is 0 Å². The summed E-state index contributed by atoms with van der Waals surface area (Å²) >= 11 is 0. The van der Waals surface area contributed by atoms with Gasteiger partial charge in [0.2, 0.25) is 0 Å². The Labute approximate surface area is 141 Å². The van der Waals surface area contributed by atoms with Crippen molar-refractivity contribution in [1.82, 2.24) is 19.9 Å². The molecule has 2 aromatic rings. The van der Waals surface area contributed by atoms with Crippen molar-refractivity contribution < 1.29 is 14.2 Å². The van der Waals surface area contributed by atoms with Gasteiger partial charge in [-0.3, -0.25) is 4.90 Å². The largest absolute Gasteiger partial charge is 0.493 e. The van der Waals surface area contributed by atoms with Crippen LogP contribution in [0.25, 0.3) is 0 Å². The zero-order valence-corrected chi connectivity index (χ0v) is 14.0. The van der Waals surface area contributed by atoms with E-state index >= 15 is 0 Å². The monoisotopic (exact) mass is 330 g/mol. The second kappa shape index (κ2) is 6.41. The van der Waals surface area contributed by atoms with Gasteiger partial charge in [0.1, 0.15) is 0 Å². The highest BCUT2D eigenvalue weighted by molar-refractivity contribution is 5.46. The highest BCUT2D eigenvalue weighted by Crippen LogP contribution is 2.34. The highest BCUT2D eigenvalue weighted by Gasteiger charge is 2.36. The van der Waals surface area contributed by atoms with Crippen molar-refractivity contribution in [2.45, 2.75) is 31.7 Å². The van der Waals surface area contributed by atoms with Gasteiger partial charge >= 0.3 is 0 Å². The van der Waals surface area contributed by atoms with E-state index in [-0.39, 0.29) is 12.1 Å². The van der Waals surface area contributed by atoms with Crippen LogP contribution in [-0.4, -0.2) is 53.3 Å². The minimum absolute atomic E-state index is 0.224. The molecule has 24 heavy (non-hydrogen) atoms. The third-order valence-electron chi connectivity index (χ3n) is 4.89. The van der Waals surface area contributed by atoms with Gasteiger partial charge in [-0.05, 0) is 12.5 Å². The van der Waals surface area contributed by atoms with Gasteiger partial charge in [0.05, 0.1) is 44.9 Å². The fourth-order valence-corrected chi connectivity index (χ4v) is 3.71. The Balaban J connectivity index is 1.54. The predicted octanol–water partition coefficient (Wildman–Crippen LogP) is 1.64. The van der Waals surface area contributed by atoms with E-state index < -0.39 is 0 Å². The molecular weight excluding hydrogens is 308 g/mol. The van der Waals surface area contributed by atoms with E-state index in [9.17, 15) is 0 Å². The molecule has 7 nitrogen and oxygen atoms in total. The first-order valence-electron chi connectivity index (χ1n) is 8.23. The SMILES string of the molecule is COc1cccc(CN2CC[C@H]3OCc4cnnn4[C@@H]3C2)c1OC. The van der Waals surface area contributed by atoms with Gasteiger partial charge in [0.25, 0.3) is 0 Å². The maximum Gasteiger partial charge on any atom is 0.165 e. The van der Waals surface area contributed by atoms with E-state index in [1.54, 1.807) is 20.4 Å². The number of aromatic nitrogens is 3. The third kappa shape index (κ3) is 2.63. The zero-order chi connectivity index (χ0) is 16.5. The number of para-hydroxylation sites is 1. The average Bonchev–Trinajstić information content (AvgIpc) is 3.10. The molecule has 3 heterocycles. The van der Waals surface area contributed by atoms with Crippen molar-refractivity contribution in [1.29, 1.82) is 0 Å². The third-order valence-corrected chi connectivity index (χ3v) is 4.89. The molecule has 0 saturated carbocycles. The maximum atomic E-state index is 5.97. The molecule has 2 atom stereocenters. The van der Waals surface area contributed by atoms with Crippen LogP contribution in [0.4, 0.5) is 0 Å². The second-order valence-corrected chi connectivity index (χ2v) is 6.26. The number of ether oxygens (including phenoxy) is 3. The number of rotatable bonds is 4. The average molecular weight is 330 g/mol. The van der Waals surface area contributed by atoms with Gasteiger partial charge in [0.15, 0.2) is 11.5 Å². The zero-order valence-electron chi connectivity index (χ0n) is 14.0. The lowest BCUT2D eigenvalue weighted by Crippen LogP contribution is -2.47. The van der Waals surface area contributed by atoms with Gasteiger partial charge in [0, 0.05) is 25.2 Å². The minimum Gasteiger partial charge on any atom is -0.493 e. The van der Waals surface area contributed by atoms with E-state index in [0.717, 1.165) is 48.8 Å². The number of methoxy groups -OCH3 is 2. The van der Waals surface area contributed by atoms with Crippen LogP contribution in [0.2, 0.25) is 0 Å². The highest BCUT2D eigenvalue weighted by atomic mass is 16.5. The van der Waals surface area contributed by atoms with E-state index in [1.807, 2.05) is 16.8 Å². The molecule has 2 aliphatic rings. The molecule has 7 heteroatoms. The topological polar surface area (TPSA) is 61.6 Å². The molecule has 4 rings (SSSR count). The first-order chi connectivity index (χ1) is 11.8. The van der Waals surface area contributed by atoms with Crippen LogP contribution in [-0.2, 0) is 17.9 Å². The van der Waals surface area contributed by atoms with Crippen LogP contribution < -0.4 is 9.47 Å². The summed E-state index contributed by atoms with van der Waals surface area (Å²) in [6.45, 7) is 3.30. The van der Waals surface area contributed by atoms with E-state index in [0.29, 0.717) is 6.61 Å². The summed E-state index contributed by atoms with van der Waals surface area (Å²) in [4.78, 5) is 2.42. The summed E-state index contributed by atoms with van der Waals surface area (Å²) in [5.74, 6) is 1.58. The van der Waals surface area contributed by atoms with Crippen LogP contribution in [0, 0.1) is 0 Å². The van der Waals surface area contributed by atoms with Crippen molar-refractivity contribution in [3.8, 4) is 11.5 Å². The van der Waals surface area contributed by atoms with Crippen LogP contribution in [0.15, 0.2) is 24.4 Å². The molecule has 1 aromatic carbocycles. The van der Waals surface area contributed by atoms with Crippen LogP contribution >= 0.6 is 0 Å². The van der Waals surface area contributed by atoms with Gasteiger partial charge in [-0.2, -0.15) is 0 Å². The van der Waals surface area contributed by atoms with Crippen molar-refractivity contribution in [3.05, 3.63) is 35.7 Å². The number of fused-ring (bicyclic) bond motifs is 3. The number of benzene rings is 1. The second-order valence-electron chi connectivity index (χ2n) is 6.26. The molecule has 2 aliphatic heterocycles. The quantitative estimate of drug-likeness (QED) is 0.849. The van der Waals surface area contributed by atoms with E-state index in [4.69, 9.17) is 14.2 Å². The Morgan fingerprint density at radius 2 is 2.21 bits per heavy atom. The molecule has 128 valence electrons. The minimum atomic E-state index is 0.224. The summed E-state index contributed by atoms with van der Waals surface area (Å²) in [5, 5.41) is 8.29. The lowest BCUT2D eigenvalue weighted by atomic mass is 9.99. The van der Waals surface area contributed by atoms with Crippen LogP contribution in [0.1, 0.15) is 23.7 Å². The number of hydrogen-bond acceptors (Lipinski definition) is 6. The summed E-state index contributed by atoms with van der Waals surface area (Å²) in [6.07, 6.45) is 3.01. The van der Waals surface area contributed by atoms with Gasteiger partial charge in [-0.15, -0.1) is 5.10 Å². The first-order valence-corrected chi connectivity index (χ1v) is 8.23. The molecule has 0 N–H and O–H groups in total. The predicted molar refractivity (Wildman–Crippen MR) is 87.1 cm³/mol. The smallest absolute Gasteiger partial charge is 0.165 e.